The predicted octanol–water partition coefficient (Wildman–Crippen LogP) is 14.6. The third-order valence-corrected chi connectivity index (χ3v) is 10.3. The number of hydrogen-bond acceptors (Lipinski definition) is 4. The molecule has 0 aromatic rings. The van der Waals surface area contributed by atoms with Crippen LogP contribution in [0.15, 0.2) is 48.6 Å². The molecule has 6 heteroatoms. The Hall–Kier alpha value is -2.63. The molecule has 0 aromatic heterocycles. The van der Waals surface area contributed by atoms with Crippen molar-refractivity contribution in [2.45, 2.75) is 238 Å². The number of rotatable bonds is 42. The summed E-state index contributed by atoms with van der Waals surface area (Å²) in [6, 6.07) is 0. The minimum atomic E-state index is -1.02. The summed E-state index contributed by atoms with van der Waals surface area (Å²) in [6.07, 6.45) is 56.7. The standard InChI is InChI=1S/C49H87NO5/c1-3-5-7-9-11-13-15-17-19-20-21-22-23-25-27-29-31-36-40-44-49(54)55-46(42-38-34-32-35-39-43-47(51)50-45-48(52)53)41-37-33-30-28-26-24-18-16-14-12-10-8-6-4-2/h5,7,11,13,17,19,21-22,46H,3-4,6,8-10,12,14-16,18,20,23-45H2,1-2H3,(H,50,51)(H,52,53)/b7-5-,13-11-,19-17-,22-21-. The van der Waals surface area contributed by atoms with Gasteiger partial charge in [0, 0.05) is 12.8 Å². The second-order valence-electron chi connectivity index (χ2n) is 15.6. The van der Waals surface area contributed by atoms with Gasteiger partial charge in [-0.05, 0) is 77.0 Å². The van der Waals surface area contributed by atoms with Gasteiger partial charge < -0.3 is 15.2 Å². The minimum absolute atomic E-state index is 0.0185. The molecule has 0 saturated heterocycles. The van der Waals surface area contributed by atoms with Gasteiger partial charge in [0.25, 0.3) is 0 Å². The van der Waals surface area contributed by atoms with E-state index < -0.39 is 5.97 Å². The highest BCUT2D eigenvalue weighted by Gasteiger charge is 2.14. The minimum Gasteiger partial charge on any atom is -0.480 e. The van der Waals surface area contributed by atoms with Gasteiger partial charge in [-0.15, -0.1) is 0 Å². The van der Waals surface area contributed by atoms with Crippen molar-refractivity contribution < 1.29 is 24.2 Å². The van der Waals surface area contributed by atoms with Crippen molar-refractivity contribution in [1.82, 2.24) is 5.32 Å². The molecule has 55 heavy (non-hydrogen) atoms. The molecule has 0 heterocycles. The number of amides is 1. The molecular formula is C49H87NO5. The maximum absolute atomic E-state index is 12.8. The summed E-state index contributed by atoms with van der Waals surface area (Å²) < 4.78 is 6.05. The zero-order chi connectivity index (χ0) is 40.1. The van der Waals surface area contributed by atoms with Gasteiger partial charge in [0.15, 0.2) is 0 Å². The van der Waals surface area contributed by atoms with E-state index in [0.717, 1.165) is 96.3 Å². The molecule has 318 valence electrons. The van der Waals surface area contributed by atoms with Crippen LogP contribution >= 0.6 is 0 Å². The van der Waals surface area contributed by atoms with E-state index in [9.17, 15) is 14.4 Å². The first kappa shape index (κ1) is 52.4. The topological polar surface area (TPSA) is 92.7 Å². The molecule has 0 bridgehead atoms. The largest absolute Gasteiger partial charge is 0.480 e. The number of nitrogens with one attached hydrogen (secondary N) is 1. The number of hydrogen-bond donors (Lipinski definition) is 2. The number of ether oxygens (including phenoxy) is 1. The summed E-state index contributed by atoms with van der Waals surface area (Å²) in [6.45, 7) is 4.13. The van der Waals surface area contributed by atoms with Crippen LogP contribution in [-0.4, -0.2) is 35.6 Å². The van der Waals surface area contributed by atoms with Crippen LogP contribution in [0.5, 0.6) is 0 Å². The van der Waals surface area contributed by atoms with Gasteiger partial charge in [-0.2, -0.15) is 0 Å². The fraction of sp³-hybridized carbons (Fsp3) is 0.776. The fourth-order valence-electron chi connectivity index (χ4n) is 6.86. The average molecular weight is 770 g/mol. The molecule has 0 aliphatic heterocycles. The Kier molecular flexibility index (Phi) is 42.0. The molecular weight excluding hydrogens is 683 g/mol. The first-order chi connectivity index (χ1) is 27.0. The lowest BCUT2D eigenvalue weighted by atomic mass is 10.0. The van der Waals surface area contributed by atoms with E-state index in [1.165, 1.54) is 109 Å². The Morgan fingerprint density at radius 1 is 0.491 bits per heavy atom. The van der Waals surface area contributed by atoms with Crippen LogP contribution in [0, 0.1) is 0 Å². The second kappa shape index (κ2) is 44.1. The van der Waals surface area contributed by atoms with Crippen LogP contribution in [0.2, 0.25) is 0 Å². The molecule has 0 aliphatic rings. The highest BCUT2D eigenvalue weighted by atomic mass is 16.5. The van der Waals surface area contributed by atoms with Crippen molar-refractivity contribution in [2.75, 3.05) is 6.54 Å². The number of carboxylic acid groups (broad SMARTS) is 1. The lowest BCUT2D eigenvalue weighted by molar-refractivity contribution is -0.150. The van der Waals surface area contributed by atoms with Crippen LogP contribution in [-0.2, 0) is 19.1 Å². The summed E-state index contributed by atoms with van der Waals surface area (Å²) >= 11 is 0. The lowest BCUT2D eigenvalue weighted by Gasteiger charge is -2.18. The summed E-state index contributed by atoms with van der Waals surface area (Å²) in [4.78, 5) is 35.1. The van der Waals surface area contributed by atoms with E-state index in [1.54, 1.807) is 0 Å². The summed E-state index contributed by atoms with van der Waals surface area (Å²) in [5.74, 6) is -1.24. The van der Waals surface area contributed by atoms with Gasteiger partial charge in [0.05, 0.1) is 0 Å². The monoisotopic (exact) mass is 770 g/mol. The zero-order valence-electron chi connectivity index (χ0n) is 36.0. The molecule has 0 aromatic carbocycles. The molecule has 0 spiro atoms. The van der Waals surface area contributed by atoms with Crippen LogP contribution in [0.25, 0.3) is 0 Å². The van der Waals surface area contributed by atoms with Gasteiger partial charge in [0.1, 0.15) is 12.6 Å². The first-order valence-corrected chi connectivity index (χ1v) is 23.3. The van der Waals surface area contributed by atoms with Crippen LogP contribution in [0.3, 0.4) is 0 Å². The third-order valence-electron chi connectivity index (χ3n) is 10.3. The van der Waals surface area contributed by atoms with E-state index >= 15 is 0 Å². The Morgan fingerprint density at radius 3 is 1.36 bits per heavy atom. The highest BCUT2D eigenvalue weighted by molar-refractivity contribution is 5.80. The van der Waals surface area contributed by atoms with Crippen molar-refractivity contribution in [2.24, 2.45) is 0 Å². The average Bonchev–Trinajstić information content (AvgIpc) is 3.17. The Labute approximate surface area is 339 Å². The SMILES string of the molecule is CC/C=C\C/C=C\C/C=C\C/C=C\CCCCCCCCC(=O)OC(CCCCCCCCCCCCCCCC)CCCCCCCC(=O)NCC(=O)O. The van der Waals surface area contributed by atoms with Gasteiger partial charge in [-0.1, -0.05) is 191 Å². The van der Waals surface area contributed by atoms with Crippen molar-refractivity contribution in [3.8, 4) is 0 Å². The normalized spacial score (nSPS) is 12.5. The van der Waals surface area contributed by atoms with Crippen molar-refractivity contribution in [1.29, 1.82) is 0 Å². The molecule has 0 saturated carbocycles. The van der Waals surface area contributed by atoms with Crippen LogP contribution in [0.1, 0.15) is 232 Å². The summed E-state index contributed by atoms with van der Waals surface area (Å²) in [5, 5.41) is 11.1. The smallest absolute Gasteiger partial charge is 0.322 e. The molecule has 1 amide bonds. The number of aliphatic carboxylic acids is 1. The van der Waals surface area contributed by atoms with Crippen molar-refractivity contribution in [3.63, 3.8) is 0 Å². The maximum atomic E-state index is 12.8. The van der Waals surface area contributed by atoms with E-state index in [0.29, 0.717) is 12.8 Å². The molecule has 0 rings (SSSR count). The van der Waals surface area contributed by atoms with Crippen molar-refractivity contribution >= 4 is 17.8 Å². The molecule has 1 unspecified atom stereocenters. The fourth-order valence-corrected chi connectivity index (χ4v) is 6.86. The molecule has 6 nitrogen and oxygen atoms in total. The Bertz CT molecular complexity index is 984. The highest BCUT2D eigenvalue weighted by Crippen LogP contribution is 2.19. The number of esters is 1. The molecule has 2 N–H and O–H groups in total. The number of allylic oxidation sites excluding steroid dienone is 8. The molecule has 0 fully saturated rings. The lowest BCUT2D eigenvalue weighted by Crippen LogP contribution is -2.28. The number of carbonyl (C=O) groups excluding carboxylic acids is 2. The maximum Gasteiger partial charge on any atom is 0.322 e. The quantitative estimate of drug-likeness (QED) is 0.0366. The summed E-state index contributed by atoms with van der Waals surface area (Å²) in [7, 11) is 0. The predicted molar refractivity (Wildman–Crippen MR) is 235 cm³/mol. The number of carboxylic acids is 1. The van der Waals surface area contributed by atoms with Crippen LogP contribution < -0.4 is 5.32 Å². The van der Waals surface area contributed by atoms with Gasteiger partial charge >= 0.3 is 11.9 Å². The Balaban J connectivity index is 4.17. The number of carbonyl (C=O) groups is 3. The van der Waals surface area contributed by atoms with E-state index in [1.807, 2.05) is 0 Å². The molecule has 0 aliphatic carbocycles. The van der Waals surface area contributed by atoms with Gasteiger partial charge in [-0.3, -0.25) is 14.4 Å². The van der Waals surface area contributed by atoms with E-state index in [2.05, 4.69) is 67.8 Å². The van der Waals surface area contributed by atoms with E-state index in [-0.39, 0.29) is 24.5 Å². The number of unbranched alkanes of at least 4 members (excludes halogenated alkanes) is 23. The van der Waals surface area contributed by atoms with Crippen molar-refractivity contribution in [3.05, 3.63) is 48.6 Å². The molecule has 1 atom stereocenters. The summed E-state index contributed by atoms with van der Waals surface area (Å²) in [5.41, 5.74) is 0. The first-order valence-electron chi connectivity index (χ1n) is 23.3. The Morgan fingerprint density at radius 2 is 0.891 bits per heavy atom. The zero-order valence-corrected chi connectivity index (χ0v) is 36.0. The second-order valence-corrected chi connectivity index (χ2v) is 15.6. The van der Waals surface area contributed by atoms with E-state index in [4.69, 9.17) is 9.84 Å². The van der Waals surface area contributed by atoms with Crippen LogP contribution in [0.4, 0.5) is 0 Å². The molecule has 0 radical (unpaired) electrons. The third kappa shape index (κ3) is 44.0. The van der Waals surface area contributed by atoms with Gasteiger partial charge in [0.2, 0.25) is 5.91 Å². The van der Waals surface area contributed by atoms with Gasteiger partial charge in [-0.25, -0.2) is 0 Å².